The summed E-state index contributed by atoms with van der Waals surface area (Å²) in [6.45, 7) is 1.92. The van der Waals surface area contributed by atoms with E-state index in [1.807, 2.05) is 6.58 Å². The van der Waals surface area contributed by atoms with Crippen molar-refractivity contribution in [2.45, 2.75) is 180 Å². The Hall–Kier alpha value is -3.61. The summed E-state index contributed by atoms with van der Waals surface area (Å²) in [5, 5.41) is 0. The topological polar surface area (TPSA) is 0 Å². The summed E-state index contributed by atoms with van der Waals surface area (Å²) in [7, 11) is -7.44. The monoisotopic (exact) mass is 1400 g/mol. The van der Waals surface area contributed by atoms with Crippen LogP contribution in [0.2, 0.25) is 18.1 Å². The highest BCUT2D eigenvalue weighted by Crippen LogP contribution is 2.69. The predicted molar refractivity (Wildman–Crippen MR) is 166 cm³/mol. The first-order valence-corrected chi connectivity index (χ1v) is 21.9. The first kappa shape index (κ1) is 80.4. The van der Waals surface area contributed by atoms with Crippen LogP contribution in [0.5, 0.6) is 0 Å². The summed E-state index contributed by atoms with van der Waals surface area (Å²) in [5.41, 5.74) is -1.31. The van der Waals surface area contributed by atoms with Gasteiger partial charge in [0.1, 0.15) is 0 Å². The van der Waals surface area contributed by atoms with Crippen LogP contribution in [0.1, 0.15) is 19.3 Å². The second kappa shape index (κ2) is 20.7. The Balaban J connectivity index is 8.49. The van der Waals surface area contributed by atoms with E-state index < -0.39 is 194 Å². The van der Waals surface area contributed by atoms with E-state index in [1.165, 1.54) is 0 Å². The molecule has 0 aliphatic carbocycles. The van der Waals surface area contributed by atoms with Gasteiger partial charge in [0, 0.05) is 19.3 Å². The molecular formula is C32H15F51Si. The fourth-order valence-electron chi connectivity index (χ4n) is 5.96. The summed E-state index contributed by atoms with van der Waals surface area (Å²) < 4.78 is 703. The van der Waals surface area contributed by atoms with Crippen LogP contribution >= 0.6 is 0 Å². The van der Waals surface area contributed by atoms with Crippen molar-refractivity contribution in [3.63, 3.8) is 0 Å². The zero-order valence-corrected chi connectivity index (χ0v) is 38.3. The van der Waals surface area contributed by atoms with E-state index in [9.17, 15) is 224 Å². The lowest BCUT2D eigenvalue weighted by atomic mass is 9.88. The van der Waals surface area contributed by atoms with Crippen LogP contribution < -0.4 is 0 Å². The molecule has 0 unspecified atom stereocenters. The Labute approximate surface area is 425 Å². The van der Waals surface area contributed by atoms with E-state index in [-0.39, 0.29) is 0 Å². The second-order valence-corrected chi connectivity index (χ2v) is 21.6. The molecule has 84 heavy (non-hydrogen) atoms. The van der Waals surface area contributed by atoms with Gasteiger partial charge in [-0.2, -0.15) is 224 Å². The maximum atomic E-state index is 14.9. The maximum Gasteiger partial charge on any atom is 0.460 e. The van der Waals surface area contributed by atoms with E-state index in [0.29, 0.717) is 0 Å². The Morgan fingerprint density at radius 1 is 0.179 bits per heavy atom. The molecule has 0 amide bonds. The van der Waals surface area contributed by atoms with Gasteiger partial charge in [-0.15, -0.1) is 12.3 Å². The summed E-state index contributed by atoms with van der Waals surface area (Å²) in [5.74, 6) is -193. The third-order valence-corrected chi connectivity index (χ3v) is 16.2. The van der Waals surface area contributed by atoms with Gasteiger partial charge in [0.15, 0.2) is 0 Å². The molecule has 0 heterocycles. The van der Waals surface area contributed by atoms with Gasteiger partial charge in [0.2, 0.25) is 0 Å². The zero-order valence-electron chi connectivity index (χ0n) is 37.3. The van der Waals surface area contributed by atoms with Gasteiger partial charge in [-0.1, -0.05) is 0 Å². The second-order valence-electron chi connectivity index (χ2n) is 17.0. The minimum atomic E-state index is -9.66. The molecule has 0 aromatic heterocycles. The molecule has 0 aliphatic heterocycles. The molecule has 0 fully saturated rings. The van der Waals surface area contributed by atoms with Crippen molar-refractivity contribution >= 4 is 8.07 Å². The van der Waals surface area contributed by atoms with Gasteiger partial charge in [0.25, 0.3) is 0 Å². The maximum absolute atomic E-state index is 14.9. The largest absolute Gasteiger partial charge is 0.460 e. The quantitative estimate of drug-likeness (QED) is 0.0541. The van der Waals surface area contributed by atoms with E-state index in [2.05, 4.69) is 0 Å². The first-order valence-electron chi connectivity index (χ1n) is 19.2. The molecule has 0 N–H and O–H groups in total. The van der Waals surface area contributed by atoms with Crippen LogP contribution in [-0.4, -0.2) is 151 Å². The smallest absolute Gasteiger partial charge is 0.200 e. The SMILES string of the molecule is C=C[Si](CCC(F)(F)C(F)(F)C(F)(F)C(F)(F)C(F)(F)C(F)(F)C(F)(F)C(F)(F)F)(CCC(F)(F)C(F)(F)C(F)(F)C(F)(F)C(F)(F)C(F)(F)C(F)(F)C(F)(F)F)CCC(F)(F)C(F)(F)C(F)(F)C(F)(F)C(F)(F)C(F)(F)C(F)(F)C(F)(F)F. The minimum absolute atomic E-state index is 1.31. The third-order valence-electron chi connectivity index (χ3n) is 11.6. The molecule has 0 bridgehead atoms. The number of rotatable bonds is 28. The highest BCUT2D eigenvalue weighted by molar-refractivity contribution is 6.84. The lowest BCUT2D eigenvalue weighted by Crippen LogP contribution is -2.74. The van der Waals surface area contributed by atoms with Crippen molar-refractivity contribution in [3.8, 4) is 0 Å². The Kier molecular flexibility index (Phi) is 19.8. The lowest BCUT2D eigenvalue weighted by molar-refractivity contribution is -0.461. The fourth-order valence-corrected chi connectivity index (χ4v) is 9.76. The molecule has 0 atom stereocenters. The molecule has 0 spiro atoms. The summed E-state index contributed by atoms with van der Waals surface area (Å²) in [6, 6.07) is -11.3. The van der Waals surface area contributed by atoms with Crippen LogP contribution in [0.15, 0.2) is 12.3 Å². The summed E-state index contributed by atoms with van der Waals surface area (Å²) in [6.07, 6.45) is -38.9. The molecule has 0 saturated carbocycles. The predicted octanol–water partition coefficient (Wildman–Crippen LogP) is 19.4. The molecule has 0 aromatic carbocycles. The van der Waals surface area contributed by atoms with E-state index in [1.54, 1.807) is 0 Å². The number of hydrogen-bond donors (Lipinski definition) is 0. The molecule has 0 aliphatic rings. The van der Waals surface area contributed by atoms with Crippen molar-refractivity contribution < 1.29 is 224 Å². The van der Waals surface area contributed by atoms with Crippen molar-refractivity contribution in [3.05, 3.63) is 12.3 Å². The molecular weight excluding hydrogens is 1380 g/mol. The Bertz CT molecular complexity index is 2050. The van der Waals surface area contributed by atoms with Crippen molar-refractivity contribution in [2.24, 2.45) is 0 Å². The van der Waals surface area contributed by atoms with Crippen LogP contribution in [-0.2, 0) is 0 Å². The molecule has 52 heteroatoms. The molecule has 0 aromatic rings. The highest BCUT2D eigenvalue weighted by Gasteiger charge is 2.98. The van der Waals surface area contributed by atoms with Gasteiger partial charge in [0.05, 0.1) is 8.07 Å². The first-order chi connectivity index (χ1) is 35.4. The van der Waals surface area contributed by atoms with Gasteiger partial charge >= 0.3 is 143 Å². The molecule has 0 saturated heterocycles. The van der Waals surface area contributed by atoms with Gasteiger partial charge in [-0.3, -0.25) is 0 Å². The number of hydrogen-bond acceptors (Lipinski definition) is 0. The Morgan fingerprint density at radius 2 is 0.286 bits per heavy atom. The average Bonchev–Trinajstić information content (AvgIpc) is 3.26. The Morgan fingerprint density at radius 3 is 0.393 bits per heavy atom. The molecule has 0 radical (unpaired) electrons. The van der Waals surface area contributed by atoms with E-state index in [4.69, 9.17) is 0 Å². The van der Waals surface area contributed by atoms with Crippen molar-refractivity contribution in [1.82, 2.24) is 0 Å². The van der Waals surface area contributed by atoms with Gasteiger partial charge in [-0.05, 0) is 18.1 Å². The van der Waals surface area contributed by atoms with Crippen molar-refractivity contribution in [2.75, 3.05) is 0 Å². The van der Waals surface area contributed by atoms with Gasteiger partial charge in [-0.25, -0.2) is 0 Å². The van der Waals surface area contributed by atoms with Crippen LogP contribution in [0.3, 0.4) is 0 Å². The number of alkyl halides is 51. The van der Waals surface area contributed by atoms with E-state index >= 15 is 0 Å². The minimum Gasteiger partial charge on any atom is -0.200 e. The van der Waals surface area contributed by atoms with Crippen LogP contribution in [0.25, 0.3) is 0 Å². The van der Waals surface area contributed by atoms with E-state index in [0.717, 1.165) is 0 Å². The summed E-state index contributed by atoms with van der Waals surface area (Å²) in [4.78, 5) is 0. The molecule has 504 valence electrons. The van der Waals surface area contributed by atoms with Crippen LogP contribution in [0.4, 0.5) is 224 Å². The normalized spacial score (nSPS) is 17.1. The standard InChI is InChI=1S/C32H15F51Si/c1-2-84(6-3-9(33,34)12(39,40)15(45,46)18(51,52)21(57,58)24(63,64)27(69,70)30(75,76)77,7-4-10(35,36)13(41,42)16(47,48)19(53,54)22(59,60)25(65,66)28(71,72)31(78,79)80)8-5-11(37,38)14(43,44)17(49,50)20(55,56)23(61,62)26(67,68)29(73,74)32(81,82)83/h2H,1,3-8H2. The highest BCUT2D eigenvalue weighted by atomic mass is 28.3. The average molecular weight is 1400 g/mol. The lowest BCUT2D eigenvalue weighted by Gasteiger charge is -2.44. The summed E-state index contributed by atoms with van der Waals surface area (Å²) >= 11 is 0. The zero-order chi connectivity index (χ0) is 69.4. The van der Waals surface area contributed by atoms with Crippen molar-refractivity contribution in [1.29, 1.82) is 0 Å². The number of halogens is 51. The van der Waals surface area contributed by atoms with Crippen LogP contribution in [0, 0.1) is 0 Å². The fraction of sp³-hybridized carbons (Fsp3) is 0.938. The molecule has 0 rings (SSSR count). The molecule has 0 nitrogen and oxygen atoms in total. The third kappa shape index (κ3) is 10.7. The van der Waals surface area contributed by atoms with Gasteiger partial charge < -0.3 is 0 Å².